The smallest absolute Gasteiger partial charge is 0.322 e. The van der Waals surface area contributed by atoms with E-state index in [-0.39, 0.29) is 12.1 Å². The van der Waals surface area contributed by atoms with E-state index in [1.165, 1.54) is 0 Å². The second-order valence-corrected chi connectivity index (χ2v) is 10.0. The second-order valence-electron chi connectivity index (χ2n) is 9.64. The quantitative estimate of drug-likeness (QED) is 0.266. The van der Waals surface area contributed by atoms with Crippen molar-refractivity contribution in [1.82, 2.24) is 19.2 Å². The number of hydrogen-bond acceptors (Lipinski definition) is 3. The number of rotatable bonds is 4. The van der Waals surface area contributed by atoms with E-state index in [2.05, 4.69) is 16.0 Å². The third-order valence-electron chi connectivity index (χ3n) is 7.20. The normalized spacial score (nSPS) is 14.4. The number of carbonyl (C=O) groups is 1. The number of halogens is 1. The zero-order valence-electron chi connectivity index (χ0n) is 21.9. The van der Waals surface area contributed by atoms with Crippen molar-refractivity contribution in [3.8, 4) is 17.3 Å². The molecule has 0 spiro atoms. The van der Waals surface area contributed by atoms with Gasteiger partial charge in [-0.3, -0.25) is 0 Å². The molecule has 1 N–H and O–H groups in total. The van der Waals surface area contributed by atoms with E-state index < -0.39 is 0 Å². The Hall–Kier alpha value is -4.49. The molecule has 1 aliphatic heterocycles. The molecular weight excluding hydrogens is 510 g/mol. The van der Waals surface area contributed by atoms with Crippen molar-refractivity contribution >= 4 is 23.3 Å². The van der Waals surface area contributed by atoms with E-state index in [0.29, 0.717) is 17.3 Å². The van der Waals surface area contributed by atoms with E-state index >= 15 is 0 Å². The molecular formula is C31H28ClN5O2. The Balaban J connectivity index is 1.52. The highest BCUT2D eigenvalue weighted by Gasteiger charge is 2.36. The SMILES string of the molecule is COc1ccc([C@@H]2c3cccn3-c3c(c(C)nn3-c3ccccc3)CN2C(=O)Nc2ccc(C)c(Cl)c2)cc1. The fourth-order valence-electron chi connectivity index (χ4n) is 5.15. The third-order valence-corrected chi connectivity index (χ3v) is 7.61. The standard InChI is InChI=1S/C31H28ClN5O2/c1-20-11-14-23(18-27(20)32)33-31(38)36-19-26-21(2)34-37(24-8-5-4-6-9-24)30(26)35-17-7-10-28(35)29(36)22-12-15-25(39-3)16-13-22/h4-18,29H,19H2,1-3H3,(H,33,38)/t29-/m1/s1. The number of para-hydroxylation sites is 1. The number of anilines is 1. The van der Waals surface area contributed by atoms with E-state index in [0.717, 1.165) is 45.3 Å². The summed E-state index contributed by atoms with van der Waals surface area (Å²) in [5.74, 6) is 1.68. The minimum absolute atomic E-state index is 0.233. The van der Waals surface area contributed by atoms with E-state index in [1.54, 1.807) is 13.2 Å². The zero-order chi connectivity index (χ0) is 27.1. The predicted molar refractivity (Wildman–Crippen MR) is 153 cm³/mol. The van der Waals surface area contributed by atoms with Crippen LogP contribution in [0.5, 0.6) is 5.75 Å². The summed E-state index contributed by atoms with van der Waals surface area (Å²) in [4.78, 5) is 15.9. The largest absolute Gasteiger partial charge is 0.497 e. The van der Waals surface area contributed by atoms with Gasteiger partial charge in [-0.1, -0.05) is 48.0 Å². The molecule has 0 aliphatic carbocycles. The molecule has 5 aromatic rings. The summed E-state index contributed by atoms with van der Waals surface area (Å²) in [7, 11) is 1.65. The van der Waals surface area contributed by atoms with Crippen LogP contribution in [-0.2, 0) is 6.54 Å². The summed E-state index contributed by atoms with van der Waals surface area (Å²) in [5.41, 5.74) is 6.30. The van der Waals surface area contributed by atoms with Crippen LogP contribution in [0.15, 0.2) is 91.1 Å². The maximum Gasteiger partial charge on any atom is 0.322 e. The molecule has 3 heterocycles. The van der Waals surface area contributed by atoms with E-state index in [9.17, 15) is 4.79 Å². The number of carbonyl (C=O) groups excluding carboxylic acids is 1. The Labute approximate surface area is 232 Å². The van der Waals surface area contributed by atoms with Crippen molar-refractivity contribution in [2.45, 2.75) is 26.4 Å². The van der Waals surface area contributed by atoms with Crippen molar-refractivity contribution in [3.05, 3.63) is 124 Å². The number of nitrogens with zero attached hydrogens (tertiary/aromatic N) is 4. The van der Waals surface area contributed by atoms with Crippen LogP contribution in [-0.4, -0.2) is 32.4 Å². The minimum Gasteiger partial charge on any atom is -0.497 e. The molecule has 7 nitrogen and oxygen atoms in total. The van der Waals surface area contributed by atoms with Gasteiger partial charge < -0.3 is 19.5 Å². The van der Waals surface area contributed by atoms with Crippen LogP contribution in [0.2, 0.25) is 5.02 Å². The Bertz CT molecular complexity index is 1660. The average molecular weight is 538 g/mol. The number of fused-ring (bicyclic) bond motifs is 3. The highest BCUT2D eigenvalue weighted by Crippen LogP contribution is 2.39. The van der Waals surface area contributed by atoms with Gasteiger partial charge >= 0.3 is 6.03 Å². The number of amides is 2. The summed E-state index contributed by atoms with van der Waals surface area (Å²) in [6.07, 6.45) is 2.03. The first kappa shape index (κ1) is 24.8. The number of nitrogens with one attached hydrogen (secondary N) is 1. The molecule has 1 atom stereocenters. The topological polar surface area (TPSA) is 64.3 Å². The van der Waals surface area contributed by atoms with E-state index in [1.807, 2.05) is 102 Å². The fourth-order valence-corrected chi connectivity index (χ4v) is 5.33. The second kappa shape index (κ2) is 10.0. The lowest BCUT2D eigenvalue weighted by Crippen LogP contribution is -2.38. The monoisotopic (exact) mass is 537 g/mol. The van der Waals surface area contributed by atoms with Crippen LogP contribution < -0.4 is 10.1 Å². The first-order valence-electron chi connectivity index (χ1n) is 12.7. The van der Waals surface area contributed by atoms with Crippen molar-refractivity contribution < 1.29 is 9.53 Å². The van der Waals surface area contributed by atoms with Gasteiger partial charge in [0.2, 0.25) is 0 Å². The summed E-state index contributed by atoms with van der Waals surface area (Å²) < 4.78 is 9.51. The Morgan fingerprint density at radius 2 is 1.77 bits per heavy atom. The molecule has 8 heteroatoms. The van der Waals surface area contributed by atoms with Crippen molar-refractivity contribution in [3.63, 3.8) is 0 Å². The average Bonchev–Trinajstić information content (AvgIpc) is 3.51. The molecule has 0 unspecified atom stereocenters. The van der Waals surface area contributed by atoms with Crippen molar-refractivity contribution in [2.24, 2.45) is 0 Å². The van der Waals surface area contributed by atoms with Crippen molar-refractivity contribution in [1.29, 1.82) is 0 Å². The van der Waals surface area contributed by atoms with Gasteiger partial charge in [-0.25, -0.2) is 9.48 Å². The van der Waals surface area contributed by atoms with Gasteiger partial charge in [-0.15, -0.1) is 0 Å². The van der Waals surface area contributed by atoms with Crippen LogP contribution >= 0.6 is 11.6 Å². The summed E-state index contributed by atoms with van der Waals surface area (Å²) >= 11 is 6.37. The molecule has 0 bridgehead atoms. The first-order valence-corrected chi connectivity index (χ1v) is 13.1. The van der Waals surface area contributed by atoms with Crippen LogP contribution in [0.1, 0.15) is 34.1 Å². The Morgan fingerprint density at radius 3 is 2.49 bits per heavy atom. The molecule has 39 heavy (non-hydrogen) atoms. The molecule has 0 saturated heterocycles. The van der Waals surface area contributed by atoms with Crippen LogP contribution in [0.3, 0.4) is 0 Å². The summed E-state index contributed by atoms with van der Waals surface area (Å²) in [5, 5.41) is 8.59. The molecule has 3 aromatic carbocycles. The molecule has 2 aromatic heterocycles. The Morgan fingerprint density at radius 1 is 1.00 bits per heavy atom. The third kappa shape index (κ3) is 4.45. The fraction of sp³-hybridized carbons (Fsp3) is 0.161. The molecule has 0 radical (unpaired) electrons. The lowest BCUT2D eigenvalue weighted by Gasteiger charge is -2.31. The maximum absolute atomic E-state index is 14.1. The van der Waals surface area contributed by atoms with Crippen LogP contribution in [0, 0.1) is 13.8 Å². The van der Waals surface area contributed by atoms with Gasteiger partial charge in [-0.05, 0) is 73.5 Å². The molecule has 196 valence electrons. The number of hydrogen-bond donors (Lipinski definition) is 1. The number of aryl methyl sites for hydroxylation is 2. The van der Waals surface area contributed by atoms with Crippen molar-refractivity contribution in [2.75, 3.05) is 12.4 Å². The highest BCUT2D eigenvalue weighted by atomic mass is 35.5. The van der Waals surface area contributed by atoms with Crippen LogP contribution in [0.25, 0.3) is 11.5 Å². The highest BCUT2D eigenvalue weighted by molar-refractivity contribution is 6.31. The van der Waals surface area contributed by atoms with Gasteiger partial charge in [0.15, 0.2) is 0 Å². The predicted octanol–water partition coefficient (Wildman–Crippen LogP) is 7.08. The number of aromatic nitrogens is 3. The summed E-state index contributed by atoms with van der Waals surface area (Å²) in [6.45, 7) is 4.29. The zero-order valence-corrected chi connectivity index (χ0v) is 22.7. The lowest BCUT2D eigenvalue weighted by molar-refractivity contribution is 0.194. The van der Waals surface area contributed by atoms with Gasteiger partial charge in [-0.2, -0.15) is 5.10 Å². The molecule has 0 fully saturated rings. The van der Waals surface area contributed by atoms with Gasteiger partial charge in [0.05, 0.1) is 36.8 Å². The molecule has 0 saturated carbocycles. The number of methoxy groups -OCH3 is 1. The molecule has 2 amide bonds. The van der Waals surface area contributed by atoms with Gasteiger partial charge in [0, 0.05) is 22.5 Å². The maximum atomic E-state index is 14.1. The van der Waals surface area contributed by atoms with Gasteiger partial charge in [0.25, 0.3) is 0 Å². The van der Waals surface area contributed by atoms with E-state index in [4.69, 9.17) is 21.4 Å². The lowest BCUT2D eigenvalue weighted by atomic mass is 10.0. The molecule has 6 rings (SSSR count). The number of ether oxygens (including phenoxy) is 1. The minimum atomic E-state index is -0.372. The van der Waals surface area contributed by atoms with Crippen LogP contribution in [0.4, 0.5) is 10.5 Å². The first-order chi connectivity index (χ1) is 18.9. The summed E-state index contributed by atoms with van der Waals surface area (Å²) in [6, 6.07) is 26.9. The molecule has 1 aliphatic rings. The Kier molecular flexibility index (Phi) is 6.37. The number of benzene rings is 3. The number of urea groups is 1. The van der Waals surface area contributed by atoms with Gasteiger partial charge in [0.1, 0.15) is 11.6 Å².